The summed E-state index contributed by atoms with van der Waals surface area (Å²) in [5, 5.41) is 5.36. The first kappa shape index (κ1) is 15.5. The lowest BCUT2D eigenvalue weighted by Gasteiger charge is -2.04. The van der Waals surface area contributed by atoms with Crippen LogP contribution in [0.25, 0.3) is 0 Å². The number of benzene rings is 1. The number of aromatic nitrogens is 1. The predicted octanol–water partition coefficient (Wildman–Crippen LogP) is 4.63. The van der Waals surface area contributed by atoms with Crippen molar-refractivity contribution in [3.05, 3.63) is 75.7 Å². The molecule has 0 unspecified atom stereocenters. The van der Waals surface area contributed by atoms with Crippen molar-refractivity contribution >= 4 is 34.5 Å². The summed E-state index contributed by atoms with van der Waals surface area (Å²) in [6.45, 7) is 0.388. The van der Waals surface area contributed by atoms with E-state index in [1.807, 2.05) is 23.6 Å². The van der Waals surface area contributed by atoms with Crippen LogP contribution in [0.3, 0.4) is 0 Å². The molecule has 0 radical (unpaired) electrons. The third-order valence-corrected chi connectivity index (χ3v) is 4.23. The molecule has 0 spiro atoms. The van der Waals surface area contributed by atoms with Crippen LogP contribution in [-0.4, -0.2) is 10.9 Å². The molecule has 0 aliphatic carbocycles. The van der Waals surface area contributed by atoms with Gasteiger partial charge in [0.1, 0.15) is 12.4 Å². The second kappa shape index (κ2) is 7.26. The largest absolute Gasteiger partial charge is 0.489 e. The van der Waals surface area contributed by atoms with Crippen molar-refractivity contribution in [2.45, 2.75) is 6.61 Å². The number of nitrogens with zero attached hydrogens (tertiary/aromatic N) is 1. The number of carbonyl (C=O) groups is 1. The summed E-state index contributed by atoms with van der Waals surface area (Å²) in [5.41, 5.74) is 1.66. The van der Waals surface area contributed by atoms with Crippen molar-refractivity contribution in [1.29, 1.82) is 0 Å². The number of halogens is 1. The number of amides is 1. The molecule has 0 aliphatic heterocycles. The Balaban J connectivity index is 1.60. The van der Waals surface area contributed by atoms with Gasteiger partial charge in [-0.25, -0.2) is 0 Å². The Kier molecular flexibility index (Phi) is 4.90. The van der Waals surface area contributed by atoms with E-state index in [2.05, 4.69) is 10.3 Å². The topological polar surface area (TPSA) is 51.2 Å². The lowest BCUT2D eigenvalue weighted by atomic mass is 10.3. The Hall–Kier alpha value is -2.37. The van der Waals surface area contributed by atoms with Crippen molar-refractivity contribution < 1.29 is 9.53 Å². The van der Waals surface area contributed by atoms with E-state index in [0.717, 1.165) is 11.3 Å². The lowest BCUT2D eigenvalue weighted by Crippen LogP contribution is -2.10. The average molecular weight is 345 g/mol. The molecule has 2 aromatic heterocycles. The van der Waals surface area contributed by atoms with Crippen molar-refractivity contribution in [3.8, 4) is 5.75 Å². The number of thiophene rings is 1. The Morgan fingerprint density at radius 2 is 2.04 bits per heavy atom. The van der Waals surface area contributed by atoms with E-state index in [1.165, 1.54) is 11.3 Å². The standard InChI is InChI=1S/C17H13ClN2O2S/c18-13-2-1-3-15(9-13)22-10-12-8-16(23-11-12)17(21)20-14-4-6-19-7-5-14/h1-9,11H,10H2,(H,19,20,21). The number of rotatable bonds is 5. The molecule has 3 rings (SSSR count). The fourth-order valence-electron chi connectivity index (χ4n) is 1.92. The van der Waals surface area contributed by atoms with E-state index in [-0.39, 0.29) is 5.91 Å². The van der Waals surface area contributed by atoms with Crippen LogP contribution in [0.15, 0.2) is 60.2 Å². The van der Waals surface area contributed by atoms with E-state index in [4.69, 9.17) is 16.3 Å². The number of carbonyl (C=O) groups excluding carboxylic acids is 1. The molecular weight excluding hydrogens is 332 g/mol. The molecule has 6 heteroatoms. The molecule has 1 amide bonds. The second-order valence-corrected chi connectivity index (χ2v) is 6.10. The highest BCUT2D eigenvalue weighted by Gasteiger charge is 2.10. The third kappa shape index (κ3) is 4.31. The van der Waals surface area contributed by atoms with Crippen molar-refractivity contribution in [3.63, 3.8) is 0 Å². The highest BCUT2D eigenvalue weighted by Crippen LogP contribution is 2.21. The quantitative estimate of drug-likeness (QED) is 0.734. The average Bonchev–Trinajstić information content (AvgIpc) is 3.03. The van der Waals surface area contributed by atoms with Crippen LogP contribution >= 0.6 is 22.9 Å². The SMILES string of the molecule is O=C(Nc1ccncc1)c1cc(COc2cccc(Cl)c2)cs1. The van der Waals surface area contributed by atoms with Gasteiger partial charge in [-0.1, -0.05) is 17.7 Å². The van der Waals surface area contributed by atoms with Crippen LogP contribution in [0, 0.1) is 0 Å². The molecule has 23 heavy (non-hydrogen) atoms. The molecule has 4 nitrogen and oxygen atoms in total. The third-order valence-electron chi connectivity index (χ3n) is 3.02. The molecule has 1 N–H and O–H groups in total. The number of nitrogens with one attached hydrogen (secondary N) is 1. The summed E-state index contributed by atoms with van der Waals surface area (Å²) >= 11 is 7.30. The van der Waals surface area contributed by atoms with Gasteiger partial charge in [-0.05, 0) is 41.8 Å². The minimum absolute atomic E-state index is 0.143. The fraction of sp³-hybridized carbons (Fsp3) is 0.0588. The van der Waals surface area contributed by atoms with Gasteiger partial charge >= 0.3 is 0 Å². The highest BCUT2D eigenvalue weighted by atomic mass is 35.5. The van der Waals surface area contributed by atoms with Crippen LogP contribution < -0.4 is 10.1 Å². The zero-order valence-electron chi connectivity index (χ0n) is 12.0. The minimum atomic E-state index is -0.143. The first-order valence-electron chi connectivity index (χ1n) is 6.88. The summed E-state index contributed by atoms with van der Waals surface area (Å²) in [5.74, 6) is 0.557. The molecule has 0 saturated heterocycles. The van der Waals surface area contributed by atoms with Gasteiger partial charge in [0.2, 0.25) is 0 Å². The van der Waals surface area contributed by atoms with Crippen LogP contribution in [-0.2, 0) is 6.61 Å². The van der Waals surface area contributed by atoms with E-state index >= 15 is 0 Å². The van der Waals surface area contributed by atoms with E-state index in [1.54, 1.807) is 36.7 Å². The first-order valence-corrected chi connectivity index (χ1v) is 8.13. The fourth-order valence-corrected chi connectivity index (χ4v) is 2.89. The van der Waals surface area contributed by atoms with Gasteiger partial charge in [0.05, 0.1) is 4.88 Å². The Bertz CT molecular complexity index is 805. The number of ether oxygens (including phenoxy) is 1. The summed E-state index contributed by atoms with van der Waals surface area (Å²) < 4.78 is 5.67. The van der Waals surface area contributed by atoms with E-state index in [9.17, 15) is 4.79 Å². The molecule has 0 saturated carbocycles. The van der Waals surface area contributed by atoms with Crippen molar-refractivity contribution in [1.82, 2.24) is 4.98 Å². The Labute approximate surface area is 142 Å². The first-order chi connectivity index (χ1) is 11.2. The number of pyridine rings is 1. The molecule has 2 heterocycles. The zero-order valence-corrected chi connectivity index (χ0v) is 13.6. The minimum Gasteiger partial charge on any atom is -0.489 e. The molecular formula is C17H13ClN2O2S. The van der Waals surface area contributed by atoms with Gasteiger partial charge in [-0.2, -0.15) is 0 Å². The maximum atomic E-state index is 12.2. The van der Waals surface area contributed by atoms with Crippen LogP contribution in [0.4, 0.5) is 5.69 Å². The maximum Gasteiger partial charge on any atom is 0.265 e. The Morgan fingerprint density at radius 1 is 1.22 bits per heavy atom. The second-order valence-electron chi connectivity index (χ2n) is 4.76. The highest BCUT2D eigenvalue weighted by molar-refractivity contribution is 7.12. The zero-order chi connectivity index (χ0) is 16.1. The summed E-state index contributed by atoms with van der Waals surface area (Å²) in [7, 11) is 0. The van der Waals surface area contributed by atoms with Gasteiger partial charge in [0.25, 0.3) is 5.91 Å². The molecule has 3 aromatic rings. The smallest absolute Gasteiger partial charge is 0.265 e. The summed E-state index contributed by atoms with van der Waals surface area (Å²) in [4.78, 5) is 16.7. The molecule has 0 bridgehead atoms. The molecule has 116 valence electrons. The lowest BCUT2D eigenvalue weighted by molar-refractivity contribution is 0.103. The van der Waals surface area contributed by atoms with Crippen molar-refractivity contribution in [2.24, 2.45) is 0 Å². The maximum absolute atomic E-state index is 12.2. The van der Waals surface area contributed by atoms with Crippen molar-refractivity contribution in [2.75, 3.05) is 5.32 Å². The number of anilines is 1. The van der Waals surface area contributed by atoms with Gasteiger partial charge < -0.3 is 10.1 Å². The van der Waals surface area contributed by atoms with Gasteiger partial charge in [0, 0.05) is 28.7 Å². The molecule has 0 fully saturated rings. The van der Waals surface area contributed by atoms with Gasteiger partial charge in [-0.3, -0.25) is 9.78 Å². The van der Waals surface area contributed by atoms with E-state index < -0.39 is 0 Å². The number of hydrogen-bond donors (Lipinski definition) is 1. The van der Waals surface area contributed by atoms with Gasteiger partial charge in [0.15, 0.2) is 0 Å². The molecule has 0 aliphatic rings. The molecule has 0 atom stereocenters. The summed E-state index contributed by atoms with van der Waals surface area (Å²) in [6.07, 6.45) is 3.27. The molecule has 1 aromatic carbocycles. The van der Waals surface area contributed by atoms with Gasteiger partial charge in [-0.15, -0.1) is 11.3 Å². The van der Waals surface area contributed by atoms with E-state index in [0.29, 0.717) is 22.3 Å². The Morgan fingerprint density at radius 3 is 2.83 bits per heavy atom. The normalized spacial score (nSPS) is 10.3. The number of hydrogen-bond acceptors (Lipinski definition) is 4. The monoisotopic (exact) mass is 344 g/mol. The summed E-state index contributed by atoms with van der Waals surface area (Å²) in [6, 6.07) is 12.5. The van der Waals surface area contributed by atoms with Crippen LogP contribution in [0.1, 0.15) is 15.2 Å². The predicted molar refractivity (Wildman–Crippen MR) is 92.3 cm³/mol. The van der Waals surface area contributed by atoms with Crippen LogP contribution in [0.5, 0.6) is 5.75 Å². The van der Waals surface area contributed by atoms with Crippen LogP contribution in [0.2, 0.25) is 5.02 Å².